The van der Waals surface area contributed by atoms with E-state index in [1.165, 1.54) is 0 Å². The van der Waals surface area contributed by atoms with E-state index >= 15 is 0 Å². The van der Waals surface area contributed by atoms with Gasteiger partial charge in [0, 0.05) is 5.56 Å². The fourth-order valence-corrected chi connectivity index (χ4v) is 2.06. The smallest absolute Gasteiger partial charge is 0.363 e. The number of hydrogen-bond donors (Lipinski definition) is 0. The van der Waals surface area contributed by atoms with Gasteiger partial charge in [0.1, 0.15) is 0 Å². The van der Waals surface area contributed by atoms with Crippen LogP contribution in [0.15, 0.2) is 77.4 Å². The van der Waals surface area contributed by atoms with Gasteiger partial charge < -0.3 is 4.74 Å². The molecule has 0 fully saturated rings. The Hall–Kier alpha value is -2.94. The maximum Gasteiger partial charge on any atom is 0.363 e. The maximum atomic E-state index is 11.8. The largest absolute Gasteiger partial charge is 0.402 e. The molecule has 0 aliphatic carbocycles. The zero-order chi connectivity index (χ0) is 15.4. The second-order valence-electron chi connectivity index (χ2n) is 4.99. The van der Waals surface area contributed by atoms with E-state index in [1.807, 2.05) is 67.6 Å². The summed E-state index contributed by atoms with van der Waals surface area (Å²) in [7, 11) is 0. The summed E-state index contributed by atoms with van der Waals surface area (Å²) in [6.07, 6.45) is 5.38. The van der Waals surface area contributed by atoms with Gasteiger partial charge in [-0.2, -0.15) is 0 Å². The standard InChI is InChI=1S/C19H15NO2/c1-14-10-12-16(13-11-14)18-20-17(19(21)22-18)9-5-8-15-6-3-2-4-7-15/h2-13H,1H3/b8-5-,17-9+. The van der Waals surface area contributed by atoms with Crippen LogP contribution in [-0.4, -0.2) is 11.9 Å². The summed E-state index contributed by atoms with van der Waals surface area (Å²) in [6.45, 7) is 2.01. The van der Waals surface area contributed by atoms with E-state index in [-0.39, 0.29) is 0 Å². The van der Waals surface area contributed by atoms with Gasteiger partial charge in [-0.15, -0.1) is 0 Å². The summed E-state index contributed by atoms with van der Waals surface area (Å²) < 4.78 is 5.21. The minimum atomic E-state index is -0.423. The highest BCUT2D eigenvalue weighted by Crippen LogP contribution is 2.17. The van der Waals surface area contributed by atoms with Crippen LogP contribution in [0.25, 0.3) is 6.08 Å². The lowest BCUT2D eigenvalue weighted by atomic mass is 10.1. The van der Waals surface area contributed by atoms with E-state index in [9.17, 15) is 4.79 Å². The molecule has 0 atom stereocenters. The number of ether oxygens (including phenoxy) is 1. The Morgan fingerprint density at radius 2 is 1.73 bits per heavy atom. The van der Waals surface area contributed by atoms with Crippen molar-refractivity contribution in [3.63, 3.8) is 0 Å². The van der Waals surface area contributed by atoms with Crippen molar-refractivity contribution in [1.82, 2.24) is 0 Å². The normalized spacial score (nSPS) is 16.1. The van der Waals surface area contributed by atoms with Gasteiger partial charge in [-0.25, -0.2) is 9.79 Å². The number of hydrogen-bond acceptors (Lipinski definition) is 3. The van der Waals surface area contributed by atoms with Crippen molar-refractivity contribution in [1.29, 1.82) is 0 Å². The van der Waals surface area contributed by atoms with Gasteiger partial charge >= 0.3 is 5.97 Å². The van der Waals surface area contributed by atoms with E-state index in [2.05, 4.69) is 4.99 Å². The van der Waals surface area contributed by atoms with E-state index in [1.54, 1.807) is 12.2 Å². The number of rotatable bonds is 3. The van der Waals surface area contributed by atoms with Gasteiger partial charge in [-0.1, -0.05) is 60.2 Å². The SMILES string of the molecule is Cc1ccc(C2=N/C(=C/C=C\c3ccccc3)C(=O)O2)cc1. The number of allylic oxidation sites excluding steroid dienone is 2. The Bertz CT molecular complexity index is 769. The molecule has 3 rings (SSSR count). The summed E-state index contributed by atoms with van der Waals surface area (Å²) in [5.74, 6) is -0.0716. The molecule has 0 radical (unpaired) electrons. The molecule has 2 aromatic rings. The first-order valence-electron chi connectivity index (χ1n) is 7.04. The highest BCUT2D eigenvalue weighted by molar-refractivity contribution is 6.11. The van der Waals surface area contributed by atoms with Crippen molar-refractivity contribution in [3.05, 3.63) is 89.1 Å². The fourth-order valence-electron chi connectivity index (χ4n) is 2.06. The Kier molecular flexibility index (Phi) is 3.97. The predicted octanol–water partition coefficient (Wildman–Crippen LogP) is 3.90. The molecular weight excluding hydrogens is 274 g/mol. The molecule has 0 spiro atoms. The molecule has 108 valence electrons. The van der Waals surface area contributed by atoms with Gasteiger partial charge in [0.05, 0.1) is 0 Å². The molecule has 1 aliphatic rings. The number of esters is 1. The highest BCUT2D eigenvalue weighted by Gasteiger charge is 2.23. The Morgan fingerprint density at radius 3 is 2.45 bits per heavy atom. The molecule has 3 nitrogen and oxygen atoms in total. The second kappa shape index (κ2) is 6.22. The lowest BCUT2D eigenvalue weighted by Crippen LogP contribution is -2.05. The summed E-state index contributed by atoms with van der Waals surface area (Å²) in [5.41, 5.74) is 3.32. The average molecular weight is 289 g/mol. The second-order valence-corrected chi connectivity index (χ2v) is 4.99. The monoisotopic (exact) mass is 289 g/mol. The van der Waals surface area contributed by atoms with Crippen LogP contribution in [0.3, 0.4) is 0 Å². The van der Waals surface area contributed by atoms with Gasteiger partial charge in [0.25, 0.3) is 0 Å². The number of cyclic esters (lactones) is 1. The average Bonchev–Trinajstić information content (AvgIpc) is 2.90. The lowest BCUT2D eigenvalue weighted by molar-refractivity contribution is -0.130. The topological polar surface area (TPSA) is 38.7 Å². The number of carbonyl (C=O) groups is 1. The van der Waals surface area contributed by atoms with Crippen molar-refractivity contribution in [3.8, 4) is 0 Å². The molecule has 0 N–H and O–H groups in total. The predicted molar refractivity (Wildman–Crippen MR) is 87.4 cm³/mol. The van der Waals surface area contributed by atoms with Crippen molar-refractivity contribution in [2.24, 2.45) is 4.99 Å². The van der Waals surface area contributed by atoms with Crippen LogP contribution in [0.2, 0.25) is 0 Å². The van der Waals surface area contributed by atoms with Gasteiger partial charge in [-0.3, -0.25) is 0 Å². The van der Waals surface area contributed by atoms with Crippen molar-refractivity contribution in [2.75, 3.05) is 0 Å². The first-order valence-corrected chi connectivity index (χ1v) is 7.04. The van der Waals surface area contributed by atoms with Crippen molar-refractivity contribution < 1.29 is 9.53 Å². The zero-order valence-electron chi connectivity index (χ0n) is 12.2. The molecule has 22 heavy (non-hydrogen) atoms. The Balaban J connectivity index is 1.79. The van der Waals surface area contributed by atoms with Crippen LogP contribution in [0, 0.1) is 6.92 Å². The van der Waals surface area contributed by atoms with Crippen LogP contribution in [0.1, 0.15) is 16.7 Å². The molecule has 0 aromatic heterocycles. The molecule has 3 heteroatoms. The molecule has 0 unspecified atom stereocenters. The minimum Gasteiger partial charge on any atom is -0.402 e. The quantitative estimate of drug-likeness (QED) is 0.635. The summed E-state index contributed by atoms with van der Waals surface area (Å²) in [5, 5.41) is 0. The molecule has 1 heterocycles. The van der Waals surface area contributed by atoms with Crippen LogP contribution >= 0.6 is 0 Å². The third-order valence-corrected chi connectivity index (χ3v) is 3.26. The van der Waals surface area contributed by atoms with Gasteiger partial charge in [-0.05, 0) is 30.7 Å². The van der Waals surface area contributed by atoms with Crippen LogP contribution < -0.4 is 0 Å². The molecule has 0 saturated carbocycles. The van der Waals surface area contributed by atoms with Crippen LogP contribution in [0.4, 0.5) is 0 Å². The number of aliphatic imine (C=N–C) groups is 1. The zero-order valence-corrected chi connectivity index (χ0v) is 12.2. The molecule has 2 aromatic carbocycles. The number of aryl methyl sites for hydroxylation is 1. The third-order valence-electron chi connectivity index (χ3n) is 3.26. The number of carbonyl (C=O) groups excluding carboxylic acids is 1. The molecule has 0 bridgehead atoms. The summed E-state index contributed by atoms with van der Waals surface area (Å²) in [4.78, 5) is 16.1. The van der Waals surface area contributed by atoms with E-state index < -0.39 is 5.97 Å². The minimum absolute atomic E-state index is 0.308. The number of benzene rings is 2. The van der Waals surface area contributed by atoms with Gasteiger partial charge in [0.15, 0.2) is 5.70 Å². The van der Waals surface area contributed by atoms with Crippen LogP contribution in [-0.2, 0) is 9.53 Å². The summed E-state index contributed by atoms with van der Waals surface area (Å²) in [6, 6.07) is 17.6. The molecule has 0 saturated heterocycles. The first-order chi connectivity index (χ1) is 10.7. The van der Waals surface area contributed by atoms with Crippen LogP contribution in [0.5, 0.6) is 0 Å². The first kappa shape index (κ1) is 14.0. The van der Waals surface area contributed by atoms with E-state index in [0.29, 0.717) is 11.6 Å². The molecule has 1 aliphatic heterocycles. The number of nitrogens with zero attached hydrogens (tertiary/aromatic N) is 1. The summed E-state index contributed by atoms with van der Waals surface area (Å²) >= 11 is 0. The molecular formula is C19H15NO2. The molecule has 0 amide bonds. The Morgan fingerprint density at radius 1 is 1.00 bits per heavy atom. The van der Waals surface area contributed by atoms with Crippen molar-refractivity contribution in [2.45, 2.75) is 6.92 Å². The third kappa shape index (κ3) is 3.20. The Labute approximate surface area is 129 Å². The highest BCUT2D eigenvalue weighted by atomic mass is 16.6. The van der Waals surface area contributed by atoms with Gasteiger partial charge in [0.2, 0.25) is 5.90 Å². The van der Waals surface area contributed by atoms with E-state index in [4.69, 9.17) is 4.74 Å². The maximum absolute atomic E-state index is 11.8. The lowest BCUT2D eigenvalue weighted by Gasteiger charge is -1.99. The fraction of sp³-hybridized carbons (Fsp3) is 0.0526. The van der Waals surface area contributed by atoms with E-state index in [0.717, 1.165) is 16.7 Å². The van der Waals surface area contributed by atoms with Crippen molar-refractivity contribution >= 4 is 17.9 Å².